The van der Waals surface area contributed by atoms with Crippen LogP contribution in [0.2, 0.25) is 0 Å². The summed E-state index contributed by atoms with van der Waals surface area (Å²) < 4.78 is 30.8. The second-order valence-corrected chi connectivity index (χ2v) is 7.57. The van der Waals surface area contributed by atoms with Gasteiger partial charge in [0.25, 0.3) is 0 Å². The summed E-state index contributed by atoms with van der Waals surface area (Å²) in [4.78, 5) is 29.5. The normalized spacial score (nSPS) is 16.9. The van der Waals surface area contributed by atoms with Crippen molar-refractivity contribution in [1.29, 1.82) is 0 Å². The zero-order valence-corrected chi connectivity index (χ0v) is 16.5. The minimum Gasteiger partial charge on any atom is -0.481 e. The van der Waals surface area contributed by atoms with Crippen LogP contribution in [0, 0.1) is 0 Å². The highest BCUT2D eigenvalue weighted by atomic mass is 19.1. The molecule has 1 unspecified atom stereocenters. The Morgan fingerprint density at radius 1 is 1.33 bits per heavy atom. The molecule has 0 aliphatic carbocycles. The van der Waals surface area contributed by atoms with E-state index in [1.807, 2.05) is 0 Å². The molecule has 8 heteroatoms. The number of esters is 1. The molecule has 0 aromatic carbocycles. The molecule has 1 aliphatic rings. The van der Waals surface area contributed by atoms with Gasteiger partial charge < -0.3 is 19.1 Å². The van der Waals surface area contributed by atoms with Crippen LogP contribution >= 0.6 is 0 Å². The average molecular weight is 382 g/mol. The summed E-state index contributed by atoms with van der Waals surface area (Å²) in [6, 6.07) is 3.29. The highest BCUT2D eigenvalue weighted by Gasteiger charge is 2.53. The van der Waals surface area contributed by atoms with E-state index >= 15 is 4.39 Å². The van der Waals surface area contributed by atoms with E-state index in [4.69, 9.17) is 14.2 Å². The van der Waals surface area contributed by atoms with E-state index in [0.717, 1.165) is 0 Å². The third-order valence-corrected chi connectivity index (χ3v) is 4.23. The largest absolute Gasteiger partial charge is 0.481 e. The number of aromatic nitrogens is 1. The lowest BCUT2D eigenvalue weighted by Crippen LogP contribution is -2.64. The van der Waals surface area contributed by atoms with Crippen molar-refractivity contribution in [2.45, 2.75) is 51.3 Å². The number of alkyl halides is 1. The molecular weight excluding hydrogens is 355 g/mol. The molecule has 150 valence electrons. The molecule has 2 heterocycles. The van der Waals surface area contributed by atoms with Crippen molar-refractivity contribution in [2.24, 2.45) is 0 Å². The molecule has 1 amide bonds. The van der Waals surface area contributed by atoms with Gasteiger partial charge in [0, 0.05) is 18.2 Å². The summed E-state index contributed by atoms with van der Waals surface area (Å²) in [6.07, 6.45) is 0.777. The molecule has 1 fully saturated rings. The number of carbonyl (C=O) groups is 2. The lowest BCUT2D eigenvalue weighted by atomic mass is 9.77. The number of amides is 1. The molecule has 27 heavy (non-hydrogen) atoms. The van der Waals surface area contributed by atoms with Gasteiger partial charge in [-0.25, -0.2) is 14.2 Å². The minimum absolute atomic E-state index is 0.138. The van der Waals surface area contributed by atoms with E-state index in [-0.39, 0.29) is 26.1 Å². The van der Waals surface area contributed by atoms with Crippen molar-refractivity contribution in [3.8, 4) is 5.88 Å². The second-order valence-electron chi connectivity index (χ2n) is 7.57. The number of hydrogen-bond acceptors (Lipinski definition) is 6. The van der Waals surface area contributed by atoms with E-state index in [1.165, 1.54) is 18.2 Å². The van der Waals surface area contributed by atoms with Crippen molar-refractivity contribution in [1.82, 2.24) is 9.88 Å². The van der Waals surface area contributed by atoms with Gasteiger partial charge >= 0.3 is 12.1 Å². The van der Waals surface area contributed by atoms with Crippen LogP contribution in [0.1, 0.15) is 45.6 Å². The molecule has 0 bridgehead atoms. The Bertz CT molecular complexity index is 666. The highest BCUT2D eigenvalue weighted by Crippen LogP contribution is 2.42. The SMILES string of the molecule is CCOC(=O)CC(c1ccc(OC)nc1)C1(F)CN(C(=O)OC(C)(C)C)C1. The van der Waals surface area contributed by atoms with Gasteiger partial charge in [0.2, 0.25) is 5.88 Å². The maximum atomic E-state index is 15.6. The van der Waals surface area contributed by atoms with E-state index in [2.05, 4.69) is 4.98 Å². The smallest absolute Gasteiger partial charge is 0.410 e. The van der Waals surface area contributed by atoms with E-state index in [9.17, 15) is 9.59 Å². The van der Waals surface area contributed by atoms with Crippen LogP contribution in [-0.2, 0) is 14.3 Å². The summed E-state index contributed by atoms with van der Waals surface area (Å²) >= 11 is 0. The van der Waals surface area contributed by atoms with E-state index < -0.39 is 29.3 Å². The fourth-order valence-electron chi connectivity index (χ4n) is 2.97. The van der Waals surface area contributed by atoms with Gasteiger partial charge in [0.15, 0.2) is 5.67 Å². The monoisotopic (exact) mass is 382 g/mol. The minimum atomic E-state index is -1.76. The van der Waals surface area contributed by atoms with Crippen molar-refractivity contribution >= 4 is 12.1 Å². The van der Waals surface area contributed by atoms with Crippen molar-refractivity contribution in [2.75, 3.05) is 26.8 Å². The fourth-order valence-corrected chi connectivity index (χ4v) is 2.97. The Labute approximate surface area is 158 Å². The summed E-state index contributed by atoms with van der Waals surface area (Å²) in [5.41, 5.74) is -1.87. The van der Waals surface area contributed by atoms with Gasteiger partial charge in [0.1, 0.15) is 5.60 Å². The van der Waals surface area contributed by atoms with Crippen molar-refractivity contribution in [3.05, 3.63) is 23.9 Å². The Morgan fingerprint density at radius 3 is 2.48 bits per heavy atom. The van der Waals surface area contributed by atoms with Gasteiger partial charge in [-0.3, -0.25) is 4.79 Å². The number of likely N-dealkylation sites (tertiary alicyclic amines) is 1. The average Bonchev–Trinajstić information content (AvgIpc) is 2.55. The lowest BCUT2D eigenvalue weighted by molar-refractivity contribution is -0.146. The fraction of sp³-hybridized carbons (Fsp3) is 0.632. The van der Waals surface area contributed by atoms with Gasteiger partial charge in [0.05, 0.1) is 33.2 Å². The molecule has 2 rings (SSSR count). The Balaban J connectivity index is 2.15. The molecule has 1 aliphatic heterocycles. The number of rotatable bonds is 6. The summed E-state index contributed by atoms with van der Waals surface area (Å²) in [6.45, 7) is 6.85. The third kappa shape index (κ3) is 5.30. The molecule has 0 N–H and O–H groups in total. The van der Waals surface area contributed by atoms with Crippen LogP contribution in [-0.4, -0.2) is 60.0 Å². The standard InChI is InChI=1S/C19H27FN2O5/c1-6-26-16(23)9-14(13-7-8-15(25-5)21-10-13)19(20)11-22(12-19)17(24)27-18(2,3)4/h7-8,10,14H,6,9,11-12H2,1-5H3. The predicted molar refractivity (Wildman–Crippen MR) is 96.4 cm³/mol. The van der Waals surface area contributed by atoms with Crippen LogP contribution in [0.15, 0.2) is 18.3 Å². The van der Waals surface area contributed by atoms with E-state index in [0.29, 0.717) is 11.4 Å². The van der Waals surface area contributed by atoms with Crippen LogP contribution in [0.25, 0.3) is 0 Å². The van der Waals surface area contributed by atoms with Gasteiger partial charge in [-0.1, -0.05) is 6.07 Å². The molecule has 0 saturated carbocycles. The number of halogens is 1. The number of carbonyl (C=O) groups excluding carboxylic acids is 2. The first-order valence-corrected chi connectivity index (χ1v) is 8.90. The first kappa shape index (κ1) is 20.9. The molecule has 0 spiro atoms. The molecule has 7 nitrogen and oxygen atoms in total. The molecule has 1 aromatic rings. The summed E-state index contributed by atoms with van der Waals surface area (Å²) in [5.74, 6) is -0.884. The molecule has 1 aromatic heterocycles. The zero-order valence-electron chi connectivity index (χ0n) is 16.5. The molecule has 0 radical (unpaired) electrons. The van der Waals surface area contributed by atoms with E-state index in [1.54, 1.807) is 39.8 Å². The van der Waals surface area contributed by atoms with Crippen molar-refractivity contribution in [3.63, 3.8) is 0 Å². The summed E-state index contributed by atoms with van der Waals surface area (Å²) in [7, 11) is 1.49. The molecule has 1 atom stereocenters. The maximum Gasteiger partial charge on any atom is 0.410 e. The predicted octanol–water partition coefficient (Wildman–Crippen LogP) is 3.09. The Hall–Kier alpha value is -2.38. The lowest BCUT2D eigenvalue weighted by Gasteiger charge is -2.48. The quantitative estimate of drug-likeness (QED) is 0.704. The van der Waals surface area contributed by atoms with Gasteiger partial charge in [-0.05, 0) is 33.3 Å². The number of pyridine rings is 1. The first-order valence-electron chi connectivity index (χ1n) is 8.90. The molecular formula is C19H27FN2O5. The van der Waals surface area contributed by atoms with Crippen LogP contribution in [0.4, 0.5) is 9.18 Å². The highest BCUT2D eigenvalue weighted by molar-refractivity contribution is 5.72. The molecule has 1 saturated heterocycles. The number of methoxy groups -OCH3 is 1. The Kier molecular flexibility index (Phi) is 6.28. The van der Waals surface area contributed by atoms with Crippen LogP contribution < -0.4 is 4.74 Å². The summed E-state index contributed by atoms with van der Waals surface area (Å²) in [5, 5.41) is 0. The number of nitrogens with zero attached hydrogens (tertiary/aromatic N) is 2. The second kappa shape index (κ2) is 8.10. The van der Waals surface area contributed by atoms with Crippen LogP contribution in [0.3, 0.4) is 0 Å². The number of ether oxygens (including phenoxy) is 3. The van der Waals surface area contributed by atoms with Gasteiger partial charge in [-0.2, -0.15) is 0 Å². The Morgan fingerprint density at radius 2 is 2.00 bits per heavy atom. The third-order valence-electron chi connectivity index (χ3n) is 4.23. The van der Waals surface area contributed by atoms with Crippen LogP contribution in [0.5, 0.6) is 5.88 Å². The topological polar surface area (TPSA) is 78.0 Å². The first-order chi connectivity index (χ1) is 12.6. The van der Waals surface area contributed by atoms with Crippen molar-refractivity contribution < 1.29 is 28.2 Å². The maximum absolute atomic E-state index is 15.6. The zero-order chi connectivity index (χ0) is 20.2. The van der Waals surface area contributed by atoms with Gasteiger partial charge in [-0.15, -0.1) is 0 Å². The number of hydrogen-bond donors (Lipinski definition) is 0.